The molecular weight excluding hydrogens is 314 g/mol. The van der Waals surface area contributed by atoms with E-state index in [1.54, 1.807) is 42.3 Å². The molecule has 128 valence electrons. The fraction of sp³-hybridized carbons (Fsp3) is 0.267. The Morgan fingerprint density at radius 3 is 2.50 bits per heavy atom. The number of rotatable bonds is 7. The summed E-state index contributed by atoms with van der Waals surface area (Å²) in [6, 6.07) is 5.02. The van der Waals surface area contributed by atoms with Crippen LogP contribution < -0.4 is 20.5 Å². The van der Waals surface area contributed by atoms with Crippen molar-refractivity contribution in [3.63, 3.8) is 0 Å². The second-order valence-corrected chi connectivity index (χ2v) is 4.80. The second-order valence-electron chi connectivity index (χ2n) is 4.80. The number of methoxy groups -OCH3 is 2. The number of hydrogen-bond acceptors (Lipinski definition) is 6. The monoisotopic (exact) mass is 333 g/mol. The second kappa shape index (κ2) is 7.86. The summed E-state index contributed by atoms with van der Waals surface area (Å²) < 4.78 is 11.9. The first kappa shape index (κ1) is 17.1. The highest BCUT2D eigenvalue weighted by molar-refractivity contribution is 5.96. The zero-order chi connectivity index (χ0) is 17.5. The first-order valence-electron chi connectivity index (χ1n) is 6.99. The largest absolute Gasteiger partial charge is 0.497 e. The predicted octanol–water partition coefficient (Wildman–Crippen LogP) is 0.713. The molecule has 0 saturated heterocycles. The molecule has 0 saturated carbocycles. The molecule has 1 amide bonds. The maximum absolute atomic E-state index is 11.9. The van der Waals surface area contributed by atoms with E-state index in [1.165, 1.54) is 14.2 Å². The third-order valence-corrected chi connectivity index (χ3v) is 2.99. The third kappa shape index (κ3) is 4.63. The van der Waals surface area contributed by atoms with E-state index in [4.69, 9.17) is 20.0 Å². The Labute approximate surface area is 139 Å². The lowest BCUT2D eigenvalue weighted by molar-refractivity contribution is -0.120. The summed E-state index contributed by atoms with van der Waals surface area (Å²) in [5.74, 6) is 0.862. The first-order valence-corrected chi connectivity index (χ1v) is 6.99. The molecule has 0 unspecified atom stereocenters. The fourth-order valence-electron chi connectivity index (χ4n) is 1.84. The summed E-state index contributed by atoms with van der Waals surface area (Å²) >= 11 is 0. The lowest BCUT2D eigenvalue weighted by atomic mass is 10.2. The summed E-state index contributed by atoms with van der Waals surface area (Å²) in [6.45, 7) is -0.291. The van der Waals surface area contributed by atoms with Crippen LogP contribution in [0.25, 0.3) is 0 Å². The van der Waals surface area contributed by atoms with Crippen LogP contribution in [0, 0.1) is 0 Å². The summed E-state index contributed by atoms with van der Waals surface area (Å²) in [5.41, 5.74) is 6.85. The highest BCUT2D eigenvalue weighted by atomic mass is 16.6. The maximum Gasteiger partial charge on any atom is 0.265 e. The van der Waals surface area contributed by atoms with E-state index < -0.39 is 5.91 Å². The van der Waals surface area contributed by atoms with Gasteiger partial charge in [-0.3, -0.25) is 9.48 Å². The van der Waals surface area contributed by atoms with Gasteiger partial charge in [0.1, 0.15) is 11.5 Å². The van der Waals surface area contributed by atoms with Crippen molar-refractivity contribution in [1.82, 2.24) is 9.78 Å². The Kier molecular flexibility index (Phi) is 5.61. The van der Waals surface area contributed by atoms with Crippen molar-refractivity contribution in [3.8, 4) is 11.5 Å². The third-order valence-electron chi connectivity index (χ3n) is 2.99. The Bertz CT molecular complexity index is 719. The molecular formula is C15H19N5O4. The lowest BCUT2D eigenvalue weighted by Gasteiger charge is -2.09. The van der Waals surface area contributed by atoms with E-state index in [0.717, 1.165) is 0 Å². The average Bonchev–Trinajstić information content (AvgIpc) is 3.00. The van der Waals surface area contributed by atoms with Crippen molar-refractivity contribution in [3.05, 3.63) is 36.2 Å². The van der Waals surface area contributed by atoms with Crippen molar-refractivity contribution >= 4 is 17.4 Å². The number of carbonyl (C=O) groups is 1. The topological polar surface area (TPSA) is 113 Å². The van der Waals surface area contributed by atoms with Crippen molar-refractivity contribution in [2.24, 2.45) is 17.9 Å². The Morgan fingerprint density at radius 1 is 1.29 bits per heavy atom. The SMILES string of the molecule is COc1cc(NC(=O)CO/N=C(\N)c2cnn(C)c2)cc(OC)c1. The Hall–Kier alpha value is -3.23. The van der Waals surface area contributed by atoms with Crippen LogP contribution in [0.3, 0.4) is 0 Å². The molecule has 1 aromatic heterocycles. The zero-order valence-electron chi connectivity index (χ0n) is 13.6. The summed E-state index contributed by atoms with van der Waals surface area (Å²) in [4.78, 5) is 16.8. The van der Waals surface area contributed by atoms with E-state index in [2.05, 4.69) is 15.6 Å². The number of amides is 1. The van der Waals surface area contributed by atoms with E-state index in [0.29, 0.717) is 22.7 Å². The van der Waals surface area contributed by atoms with Crippen LogP contribution in [-0.4, -0.2) is 42.3 Å². The number of oxime groups is 1. The molecule has 0 aliphatic heterocycles. The van der Waals surface area contributed by atoms with Crippen LogP contribution in [0.5, 0.6) is 11.5 Å². The zero-order valence-corrected chi connectivity index (χ0v) is 13.6. The Balaban J connectivity index is 1.91. The maximum atomic E-state index is 11.9. The van der Waals surface area contributed by atoms with Crippen molar-refractivity contribution in [1.29, 1.82) is 0 Å². The number of aryl methyl sites for hydroxylation is 1. The van der Waals surface area contributed by atoms with Gasteiger partial charge in [-0.25, -0.2) is 0 Å². The quantitative estimate of drug-likeness (QED) is 0.438. The number of nitrogens with zero attached hydrogens (tertiary/aromatic N) is 3. The molecule has 0 atom stereocenters. The normalized spacial score (nSPS) is 11.0. The average molecular weight is 333 g/mol. The number of nitrogens with one attached hydrogen (secondary N) is 1. The molecule has 0 aliphatic rings. The standard InChI is InChI=1S/C15H19N5O4/c1-20-8-10(7-17-20)15(16)19-24-9-14(21)18-11-4-12(22-2)6-13(5-11)23-3/h4-8H,9H2,1-3H3,(H2,16,19)(H,18,21). The summed E-state index contributed by atoms with van der Waals surface area (Å²) in [5, 5.41) is 10.3. The minimum atomic E-state index is -0.395. The van der Waals surface area contributed by atoms with Gasteiger partial charge in [0, 0.05) is 37.1 Å². The van der Waals surface area contributed by atoms with Gasteiger partial charge >= 0.3 is 0 Å². The number of hydrogen-bond donors (Lipinski definition) is 2. The van der Waals surface area contributed by atoms with Crippen LogP contribution >= 0.6 is 0 Å². The van der Waals surface area contributed by atoms with Crippen LogP contribution in [0.15, 0.2) is 35.7 Å². The van der Waals surface area contributed by atoms with Gasteiger partial charge in [-0.15, -0.1) is 0 Å². The van der Waals surface area contributed by atoms with Crippen LogP contribution in [0.2, 0.25) is 0 Å². The molecule has 9 heteroatoms. The highest BCUT2D eigenvalue weighted by Gasteiger charge is 2.07. The number of aromatic nitrogens is 2. The van der Waals surface area contributed by atoms with E-state index in [9.17, 15) is 4.79 Å². The molecule has 24 heavy (non-hydrogen) atoms. The molecule has 0 spiro atoms. The van der Waals surface area contributed by atoms with Gasteiger partial charge in [0.05, 0.1) is 26.0 Å². The number of anilines is 1. The van der Waals surface area contributed by atoms with Gasteiger partial charge < -0.3 is 25.4 Å². The molecule has 1 heterocycles. The van der Waals surface area contributed by atoms with Crippen molar-refractivity contribution < 1.29 is 19.1 Å². The molecule has 0 aliphatic carbocycles. The molecule has 0 radical (unpaired) electrons. The minimum absolute atomic E-state index is 0.138. The van der Waals surface area contributed by atoms with E-state index >= 15 is 0 Å². The highest BCUT2D eigenvalue weighted by Crippen LogP contribution is 2.25. The van der Waals surface area contributed by atoms with Crippen molar-refractivity contribution in [2.45, 2.75) is 0 Å². The molecule has 2 rings (SSSR count). The molecule has 1 aromatic carbocycles. The van der Waals surface area contributed by atoms with E-state index in [-0.39, 0.29) is 12.4 Å². The number of amidine groups is 1. The van der Waals surface area contributed by atoms with Gasteiger partial charge in [-0.1, -0.05) is 5.16 Å². The summed E-state index contributed by atoms with van der Waals surface area (Å²) in [7, 11) is 4.81. The molecule has 2 aromatic rings. The number of benzene rings is 1. The van der Waals surface area contributed by atoms with Crippen LogP contribution in [0.4, 0.5) is 5.69 Å². The van der Waals surface area contributed by atoms with E-state index in [1.807, 2.05) is 0 Å². The minimum Gasteiger partial charge on any atom is -0.497 e. The molecule has 3 N–H and O–H groups in total. The van der Waals surface area contributed by atoms with Crippen LogP contribution in [-0.2, 0) is 16.7 Å². The van der Waals surface area contributed by atoms with Crippen molar-refractivity contribution in [2.75, 3.05) is 26.1 Å². The fourth-order valence-corrected chi connectivity index (χ4v) is 1.84. The van der Waals surface area contributed by atoms with Gasteiger partial charge in [0.25, 0.3) is 5.91 Å². The molecule has 0 fully saturated rings. The Morgan fingerprint density at radius 2 is 1.96 bits per heavy atom. The van der Waals surface area contributed by atoms with Crippen LogP contribution in [0.1, 0.15) is 5.56 Å². The molecule has 0 bridgehead atoms. The number of carbonyl (C=O) groups excluding carboxylic acids is 1. The van der Waals surface area contributed by atoms with Gasteiger partial charge in [-0.2, -0.15) is 5.10 Å². The predicted molar refractivity (Wildman–Crippen MR) is 88.1 cm³/mol. The first-order chi connectivity index (χ1) is 11.5. The lowest BCUT2D eigenvalue weighted by Crippen LogP contribution is -2.19. The molecule has 9 nitrogen and oxygen atoms in total. The number of ether oxygens (including phenoxy) is 2. The van der Waals surface area contributed by atoms with Gasteiger partial charge in [0.15, 0.2) is 12.4 Å². The summed E-state index contributed by atoms with van der Waals surface area (Å²) in [6.07, 6.45) is 3.23. The van der Waals surface area contributed by atoms with Gasteiger partial charge in [0.2, 0.25) is 0 Å². The van der Waals surface area contributed by atoms with Gasteiger partial charge in [-0.05, 0) is 0 Å². The smallest absolute Gasteiger partial charge is 0.265 e. The number of nitrogens with two attached hydrogens (primary N) is 1.